The fourth-order valence-corrected chi connectivity index (χ4v) is 1.94. The van der Waals surface area contributed by atoms with Crippen molar-refractivity contribution >= 4 is 17.6 Å². The van der Waals surface area contributed by atoms with Crippen LogP contribution in [0.25, 0.3) is 0 Å². The van der Waals surface area contributed by atoms with Gasteiger partial charge in [-0.2, -0.15) is 0 Å². The predicted octanol–water partition coefficient (Wildman–Crippen LogP) is 1.35. The molecule has 0 aliphatic carbocycles. The molecule has 1 aliphatic rings. The Morgan fingerprint density at radius 3 is 2.82 bits per heavy atom. The quantitative estimate of drug-likeness (QED) is 0.729. The lowest BCUT2D eigenvalue weighted by molar-refractivity contribution is -0.145. The molecule has 5 heteroatoms. The predicted molar refractivity (Wildman–Crippen MR) is 58.9 cm³/mol. The summed E-state index contributed by atoms with van der Waals surface area (Å²) in [5, 5.41) is 0. The summed E-state index contributed by atoms with van der Waals surface area (Å²) >= 11 is 0. The second-order valence-electron chi connectivity index (χ2n) is 3.88. The van der Waals surface area contributed by atoms with Crippen molar-refractivity contribution in [3.05, 3.63) is 30.1 Å². The number of amides is 1. The first-order chi connectivity index (χ1) is 8.13. The summed E-state index contributed by atoms with van der Waals surface area (Å²) in [6.45, 7) is 0.173. The maximum Gasteiger partial charge on any atom is 0.311 e. The van der Waals surface area contributed by atoms with E-state index in [2.05, 4.69) is 4.74 Å². The zero-order valence-corrected chi connectivity index (χ0v) is 9.35. The summed E-state index contributed by atoms with van der Waals surface area (Å²) in [5.41, 5.74) is 0.212. The highest BCUT2D eigenvalue weighted by molar-refractivity contribution is 5.99. The largest absolute Gasteiger partial charge is 0.469 e. The van der Waals surface area contributed by atoms with Crippen LogP contribution in [0, 0.1) is 11.7 Å². The lowest BCUT2D eigenvalue weighted by atomic mass is 10.1. The van der Waals surface area contributed by atoms with Gasteiger partial charge in [-0.3, -0.25) is 9.59 Å². The maximum absolute atomic E-state index is 13.5. The van der Waals surface area contributed by atoms with Crippen molar-refractivity contribution in [2.75, 3.05) is 18.6 Å². The minimum Gasteiger partial charge on any atom is -0.469 e. The Morgan fingerprint density at radius 1 is 1.47 bits per heavy atom. The summed E-state index contributed by atoms with van der Waals surface area (Å²) < 4.78 is 18.1. The van der Waals surface area contributed by atoms with Gasteiger partial charge in [-0.1, -0.05) is 12.1 Å². The van der Waals surface area contributed by atoms with E-state index in [1.54, 1.807) is 12.1 Å². The molecule has 0 aromatic heterocycles. The van der Waals surface area contributed by atoms with Crippen molar-refractivity contribution in [1.82, 2.24) is 0 Å². The monoisotopic (exact) mass is 237 g/mol. The minimum absolute atomic E-state index is 0.0704. The number of hydrogen-bond acceptors (Lipinski definition) is 3. The lowest BCUT2D eigenvalue weighted by Crippen LogP contribution is -2.26. The average molecular weight is 237 g/mol. The van der Waals surface area contributed by atoms with Crippen LogP contribution in [0.1, 0.15) is 6.42 Å². The first-order valence-corrected chi connectivity index (χ1v) is 5.26. The molecule has 1 aliphatic heterocycles. The van der Waals surface area contributed by atoms with Crippen LogP contribution in [0.15, 0.2) is 24.3 Å². The van der Waals surface area contributed by atoms with Gasteiger partial charge in [0.2, 0.25) is 5.91 Å². The lowest BCUT2D eigenvalue weighted by Gasteiger charge is -2.16. The fraction of sp³-hybridized carbons (Fsp3) is 0.333. The molecule has 0 N–H and O–H groups in total. The van der Waals surface area contributed by atoms with Gasteiger partial charge in [-0.25, -0.2) is 4.39 Å². The van der Waals surface area contributed by atoms with Crippen LogP contribution in [0.2, 0.25) is 0 Å². The summed E-state index contributed by atoms with van der Waals surface area (Å²) in [4.78, 5) is 24.3. The molecule has 0 spiro atoms. The number of hydrogen-bond donors (Lipinski definition) is 0. The van der Waals surface area contributed by atoms with Gasteiger partial charge in [0, 0.05) is 13.0 Å². The Hall–Kier alpha value is -1.91. The number of benzene rings is 1. The van der Waals surface area contributed by atoms with Gasteiger partial charge in [0.1, 0.15) is 5.82 Å². The van der Waals surface area contributed by atoms with Crippen LogP contribution in [0.4, 0.5) is 10.1 Å². The molecular weight excluding hydrogens is 225 g/mol. The van der Waals surface area contributed by atoms with Gasteiger partial charge < -0.3 is 9.64 Å². The number of esters is 1. The number of nitrogens with zero attached hydrogens (tertiary/aromatic N) is 1. The molecule has 0 radical (unpaired) electrons. The van der Waals surface area contributed by atoms with E-state index in [-0.39, 0.29) is 24.6 Å². The Labute approximate surface area is 98.0 Å². The van der Waals surface area contributed by atoms with Crippen molar-refractivity contribution in [1.29, 1.82) is 0 Å². The van der Waals surface area contributed by atoms with E-state index in [0.717, 1.165) is 0 Å². The summed E-state index contributed by atoms with van der Waals surface area (Å²) in [6.07, 6.45) is 0.0704. The number of rotatable bonds is 2. The zero-order valence-electron chi connectivity index (χ0n) is 9.35. The SMILES string of the molecule is COC(=O)[C@@H]1CC(=O)N(c2ccccc2F)C1. The van der Waals surface area contributed by atoms with E-state index < -0.39 is 17.7 Å². The number of para-hydroxylation sites is 1. The highest BCUT2D eigenvalue weighted by Crippen LogP contribution is 2.27. The van der Waals surface area contributed by atoms with Crippen LogP contribution in [0.5, 0.6) is 0 Å². The third-order valence-electron chi connectivity index (χ3n) is 2.80. The van der Waals surface area contributed by atoms with Crippen molar-refractivity contribution in [3.63, 3.8) is 0 Å². The molecule has 1 saturated heterocycles. The van der Waals surface area contributed by atoms with Crippen molar-refractivity contribution in [3.8, 4) is 0 Å². The molecule has 0 saturated carbocycles. The highest BCUT2D eigenvalue weighted by Gasteiger charge is 2.36. The number of carbonyl (C=O) groups is 2. The molecule has 1 aromatic rings. The van der Waals surface area contributed by atoms with E-state index in [9.17, 15) is 14.0 Å². The van der Waals surface area contributed by atoms with Crippen LogP contribution in [-0.2, 0) is 14.3 Å². The molecule has 17 heavy (non-hydrogen) atoms. The standard InChI is InChI=1S/C12H12FNO3/c1-17-12(16)8-6-11(15)14(7-8)10-5-3-2-4-9(10)13/h2-5,8H,6-7H2,1H3/t8-/m1/s1. The third kappa shape index (κ3) is 2.13. The summed E-state index contributed by atoms with van der Waals surface area (Å²) in [7, 11) is 1.28. The maximum atomic E-state index is 13.5. The van der Waals surface area contributed by atoms with Crippen LogP contribution in [-0.4, -0.2) is 25.5 Å². The van der Waals surface area contributed by atoms with Gasteiger partial charge in [-0.15, -0.1) is 0 Å². The number of halogens is 1. The van der Waals surface area contributed by atoms with E-state index in [1.807, 2.05) is 0 Å². The van der Waals surface area contributed by atoms with Crippen LogP contribution < -0.4 is 4.90 Å². The summed E-state index contributed by atoms with van der Waals surface area (Å²) in [6, 6.07) is 6.01. The topological polar surface area (TPSA) is 46.6 Å². The van der Waals surface area contributed by atoms with E-state index in [0.29, 0.717) is 0 Å². The molecule has 0 unspecified atom stereocenters. The first-order valence-electron chi connectivity index (χ1n) is 5.26. The Balaban J connectivity index is 2.22. The normalized spacial score (nSPS) is 19.5. The van der Waals surface area contributed by atoms with Gasteiger partial charge >= 0.3 is 5.97 Å². The second kappa shape index (κ2) is 4.53. The molecule has 4 nitrogen and oxygen atoms in total. The fourth-order valence-electron chi connectivity index (χ4n) is 1.94. The van der Waals surface area contributed by atoms with E-state index in [1.165, 1.54) is 24.1 Å². The first kappa shape index (κ1) is 11.6. The number of methoxy groups -OCH3 is 1. The Morgan fingerprint density at radius 2 is 2.18 bits per heavy atom. The number of ether oxygens (including phenoxy) is 1. The zero-order chi connectivity index (χ0) is 12.4. The number of carbonyl (C=O) groups excluding carboxylic acids is 2. The van der Waals surface area contributed by atoms with Crippen molar-refractivity contribution < 1.29 is 18.7 Å². The Bertz CT molecular complexity index is 461. The second-order valence-corrected chi connectivity index (χ2v) is 3.88. The molecular formula is C12H12FNO3. The number of anilines is 1. The molecule has 90 valence electrons. The molecule has 1 atom stereocenters. The minimum atomic E-state index is -0.507. The summed E-state index contributed by atoms with van der Waals surface area (Å²) in [5.74, 6) is -1.67. The Kier molecular flexibility index (Phi) is 3.08. The van der Waals surface area contributed by atoms with Gasteiger partial charge in [0.25, 0.3) is 0 Å². The van der Waals surface area contributed by atoms with Crippen molar-refractivity contribution in [2.24, 2.45) is 5.92 Å². The average Bonchev–Trinajstić information content (AvgIpc) is 2.71. The molecule has 1 fully saturated rings. The van der Waals surface area contributed by atoms with Crippen molar-refractivity contribution in [2.45, 2.75) is 6.42 Å². The smallest absolute Gasteiger partial charge is 0.311 e. The van der Waals surface area contributed by atoms with E-state index in [4.69, 9.17) is 0 Å². The highest BCUT2D eigenvalue weighted by atomic mass is 19.1. The van der Waals surface area contributed by atoms with Crippen LogP contribution in [0.3, 0.4) is 0 Å². The van der Waals surface area contributed by atoms with Gasteiger partial charge in [-0.05, 0) is 12.1 Å². The molecule has 2 rings (SSSR count). The molecule has 1 aromatic carbocycles. The molecule has 0 bridgehead atoms. The molecule has 1 amide bonds. The van der Waals surface area contributed by atoms with E-state index >= 15 is 0 Å². The van der Waals surface area contributed by atoms with Gasteiger partial charge in [0.05, 0.1) is 18.7 Å². The van der Waals surface area contributed by atoms with Gasteiger partial charge in [0.15, 0.2) is 0 Å². The molecule has 1 heterocycles. The van der Waals surface area contributed by atoms with Crippen LogP contribution >= 0.6 is 0 Å². The third-order valence-corrected chi connectivity index (χ3v) is 2.80.